The minimum Gasteiger partial charge on any atom is -0.385 e. The van der Waals surface area contributed by atoms with Gasteiger partial charge < -0.3 is 20.4 Å². The molecule has 0 aliphatic carbocycles. The molecule has 0 amide bonds. The SMILES string of the molecule is CP(=O)(O)CCCNc1ccc(Cl)cc1.CP(=O)(O)CCCNc1cccc(Cl)c1. The molecular formula is C20H30Cl2N2O4P2. The summed E-state index contributed by atoms with van der Waals surface area (Å²) in [5, 5.41) is 7.68. The molecular weight excluding hydrogens is 465 g/mol. The van der Waals surface area contributed by atoms with E-state index in [0.29, 0.717) is 48.3 Å². The summed E-state index contributed by atoms with van der Waals surface area (Å²) >= 11 is 11.5. The van der Waals surface area contributed by atoms with Crippen LogP contribution in [0.2, 0.25) is 10.0 Å². The quantitative estimate of drug-likeness (QED) is 0.236. The zero-order valence-corrected chi connectivity index (χ0v) is 20.5. The van der Waals surface area contributed by atoms with E-state index in [-0.39, 0.29) is 0 Å². The average Bonchev–Trinajstić information content (AvgIpc) is 2.63. The fraction of sp³-hybridized carbons (Fsp3) is 0.400. The number of anilines is 2. The number of hydrogen-bond donors (Lipinski definition) is 4. The van der Waals surface area contributed by atoms with Gasteiger partial charge >= 0.3 is 0 Å². The van der Waals surface area contributed by atoms with Gasteiger partial charge in [-0.15, -0.1) is 0 Å². The minimum atomic E-state index is -2.86. The van der Waals surface area contributed by atoms with Crippen molar-refractivity contribution in [1.82, 2.24) is 0 Å². The molecule has 2 unspecified atom stereocenters. The van der Waals surface area contributed by atoms with Crippen LogP contribution in [0.1, 0.15) is 12.8 Å². The summed E-state index contributed by atoms with van der Waals surface area (Å²) in [5.41, 5.74) is 1.91. The fourth-order valence-electron chi connectivity index (χ4n) is 2.38. The molecule has 0 heterocycles. The predicted molar refractivity (Wildman–Crippen MR) is 130 cm³/mol. The fourth-order valence-corrected chi connectivity index (χ4v) is 4.18. The zero-order chi connectivity index (χ0) is 22.6. The van der Waals surface area contributed by atoms with Crippen LogP contribution in [0.5, 0.6) is 0 Å². The lowest BCUT2D eigenvalue weighted by atomic mass is 10.3. The number of rotatable bonds is 10. The van der Waals surface area contributed by atoms with Crippen LogP contribution >= 0.6 is 37.9 Å². The van der Waals surface area contributed by atoms with Gasteiger partial charge in [-0.3, -0.25) is 9.13 Å². The first-order chi connectivity index (χ1) is 13.9. The molecule has 0 bridgehead atoms. The van der Waals surface area contributed by atoms with E-state index in [1.165, 1.54) is 13.3 Å². The molecule has 2 aromatic rings. The van der Waals surface area contributed by atoms with Gasteiger partial charge in [-0.05, 0) is 55.3 Å². The Hall–Kier alpha value is -1.00. The van der Waals surface area contributed by atoms with Gasteiger partial charge in [0.25, 0.3) is 0 Å². The van der Waals surface area contributed by atoms with E-state index in [9.17, 15) is 9.13 Å². The van der Waals surface area contributed by atoms with Crippen molar-refractivity contribution in [2.45, 2.75) is 12.8 Å². The van der Waals surface area contributed by atoms with Crippen molar-refractivity contribution in [2.24, 2.45) is 0 Å². The summed E-state index contributed by atoms with van der Waals surface area (Å²) in [5.74, 6) is 0. The Kier molecular flexibility index (Phi) is 12.1. The standard InChI is InChI=1S/2C10H15ClNO2P/c1-15(13,14)8-2-7-12-10-5-3-9(11)4-6-10;1-15(13,14)7-3-6-12-10-5-2-4-9(11)8-10/h3-6,12H,2,7-8H2,1H3,(H,13,14);2,4-5,8,12H,3,6-7H2,1H3,(H,13,14). The third-order valence-corrected chi connectivity index (χ3v) is 6.61. The minimum absolute atomic E-state index is 0.348. The molecule has 0 aliphatic rings. The molecule has 0 aromatic heterocycles. The Labute approximate surface area is 188 Å². The van der Waals surface area contributed by atoms with Crippen molar-refractivity contribution in [3.8, 4) is 0 Å². The number of hydrogen-bond acceptors (Lipinski definition) is 4. The molecule has 6 nitrogen and oxygen atoms in total. The Morgan fingerprint density at radius 2 is 1.27 bits per heavy atom. The summed E-state index contributed by atoms with van der Waals surface area (Å²) in [6, 6.07) is 14.8. The van der Waals surface area contributed by atoms with Crippen LogP contribution in [-0.4, -0.2) is 48.5 Å². The number of halogens is 2. The van der Waals surface area contributed by atoms with Crippen molar-refractivity contribution in [3.63, 3.8) is 0 Å². The van der Waals surface area contributed by atoms with Gasteiger partial charge in [0.2, 0.25) is 0 Å². The first kappa shape index (κ1) is 27.0. The van der Waals surface area contributed by atoms with Gasteiger partial charge in [-0.2, -0.15) is 0 Å². The first-order valence-electron chi connectivity index (χ1n) is 9.52. The molecule has 2 rings (SSSR count). The maximum Gasteiger partial charge on any atom is 0.197 e. The maximum absolute atomic E-state index is 11.0. The molecule has 2 aromatic carbocycles. The van der Waals surface area contributed by atoms with Crippen molar-refractivity contribution in [1.29, 1.82) is 0 Å². The van der Waals surface area contributed by atoms with Gasteiger partial charge in [-0.1, -0.05) is 29.3 Å². The second kappa shape index (κ2) is 13.4. The normalized spacial score (nSPS) is 14.6. The number of nitrogens with one attached hydrogen (secondary N) is 2. The summed E-state index contributed by atoms with van der Waals surface area (Å²) < 4.78 is 22.0. The largest absolute Gasteiger partial charge is 0.385 e. The highest BCUT2D eigenvalue weighted by molar-refractivity contribution is 7.57. The molecule has 0 spiro atoms. The molecule has 0 saturated heterocycles. The van der Waals surface area contributed by atoms with Gasteiger partial charge in [-0.25, -0.2) is 0 Å². The summed E-state index contributed by atoms with van der Waals surface area (Å²) in [4.78, 5) is 18.1. The highest BCUT2D eigenvalue weighted by Gasteiger charge is 2.08. The monoisotopic (exact) mass is 494 g/mol. The lowest BCUT2D eigenvalue weighted by Crippen LogP contribution is -2.03. The van der Waals surface area contributed by atoms with E-state index >= 15 is 0 Å². The van der Waals surface area contributed by atoms with Crippen molar-refractivity contribution < 1.29 is 18.9 Å². The van der Waals surface area contributed by atoms with Gasteiger partial charge in [0.15, 0.2) is 14.7 Å². The third-order valence-electron chi connectivity index (χ3n) is 3.83. The molecule has 0 fully saturated rings. The second-order valence-electron chi connectivity index (χ2n) is 7.13. The Morgan fingerprint density at radius 3 is 1.73 bits per heavy atom. The smallest absolute Gasteiger partial charge is 0.197 e. The van der Waals surface area contributed by atoms with E-state index in [2.05, 4.69) is 10.6 Å². The lowest BCUT2D eigenvalue weighted by Gasteiger charge is -2.07. The zero-order valence-electron chi connectivity index (χ0n) is 17.2. The summed E-state index contributed by atoms with van der Waals surface area (Å²) in [7, 11) is -5.72. The van der Waals surface area contributed by atoms with Gasteiger partial charge in [0, 0.05) is 60.2 Å². The third kappa shape index (κ3) is 14.9. The van der Waals surface area contributed by atoms with Crippen molar-refractivity contribution in [2.75, 3.05) is 49.4 Å². The van der Waals surface area contributed by atoms with Crippen LogP contribution in [0.4, 0.5) is 11.4 Å². The second-order valence-corrected chi connectivity index (χ2v) is 13.1. The van der Waals surface area contributed by atoms with Gasteiger partial charge in [0.1, 0.15) is 0 Å². The molecule has 0 aliphatic heterocycles. The maximum atomic E-state index is 11.0. The molecule has 0 radical (unpaired) electrons. The highest BCUT2D eigenvalue weighted by atomic mass is 35.5. The average molecular weight is 495 g/mol. The Balaban J connectivity index is 0.000000300. The van der Waals surface area contributed by atoms with E-state index < -0.39 is 14.7 Å². The van der Waals surface area contributed by atoms with E-state index in [0.717, 1.165) is 11.4 Å². The molecule has 30 heavy (non-hydrogen) atoms. The lowest BCUT2D eigenvalue weighted by molar-refractivity contribution is 0.482. The molecule has 4 N–H and O–H groups in total. The van der Waals surface area contributed by atoms with Crippen molar-refractivity contribution in [3.05, 3.63) is 58.6 Å². The summed E-state index contributed by atoms with van der Waals surface area (Å²) in [6.07, 6.45) is 2.07. The predicted octanol–water partition coefficient (Wildman–Crippen LogP) is 6.08. The van der Waals surface area contributed by atoms with Crippen LogP contribution in [0.3, 0.4) is 0 Å². The molecule has 0 saturated carbocycles. The van der Waals surface area contributed by atoms with Crippen LogP contribution in [0, 0.1) is 0 Å². The van der Waals surface area contributed by atoms with Crippen LogP contribution in [0.25, 0.3) is 0 Å². The van der Waals surface area contributed by atoms with Gasteiger partial charge in [0.05, 0.1) is 0 Å². The Morgan fingerprint density at radius 1 is 0.767 bits per heavy atom. The van der Waals surface area contributed by atoms with E-state index in [1.54, 1.807) is 18.2 Å². The topological polar surface area (TPSA) is 98.7 Å². The molecule has 10 heteroatoms. The first-order valence-corrected chi connectivity index (χ1v) is 14.9. The molecule has 2 atom stereocenters. The highest BCUT2D eigenvalue weighted by Crippen LogP contribution is 2.36. The molecule has 168 valence electrons. The van der Waals surface area contributed by atoms with Crippen LogP contribution < -0.4 is 10.6 Å². The van der Waals surface area contributed by atoms with Crippen LogP contribution in [0.15, 0.2) is 48.5 Å². The number of benzene rings is 2. The van der Waals surface area contributed by atoms with Crippen molar-refractivity contribution >= 4 is 49.3 Å². The van der Waals surface area contributed by atoms with E-state index in [1.807, 2.05) is 30.3 Å². The summed E-state index contributed by atoms with van der Waals surface area (Å²) in [6.45, 7) is 4.14. The Bertz CT molecular complexity index is 854. The van der Waals surface area contributed by atoms with E-state index in [4.69, 9.17) is 33.0 Å². The van der Waals surface area contributed by atoms with Crippen LogP contribution in [-0.2, 0) is 9.13 Å².